The Balaban J connectivity index is 1.76. The third kappa shape index (κ3) is 2.24. The molecule has 0 saturated carbocycles. The molecule has 0 atom stereocenters. The van der Waals surface area contributed by atoms with Crippen molar-refractivity contribution in [1.82, 2.24) is 9.97 Å². The number of nitrogen functional groups attached to an aromatic ring is 1. The molecule has 0 fully saturated rings. The lowest BCUT2D eigenvalue weighted by Crippen LogP contribution is -2.20. The van der Waals surface area contributed by atoms with Crippen LogP contribution in [0.3, 0.4) is 0 Å². The lowest BCUT2D eigenvalue weighted by Gasteiger charge is -2.12. The number of aromatic nitrogens is 2. The molecule has 0 amide bonds. The van der Waals surface area contributed by atoms with Gasteiger partial charge in [0.05, 0.1) is 0 Å². The molecule has 5 heteroatoms. The molecule has 92 valence electrons. The number of nitrogens with two attached hydrogens (primary N) is 1. The van der Waals surface area contributed by atoms with E-state index in [9.17, 15) is 0 Å². The SMILES string of the molecule is Nc1nc(Cl)cc(NC2Cc3ccccc3C2)n1. The molecule has 0 saturated heterocycles. The first-order chi connectivity index (χ1) is 8.70. The third-order valence-electron chi connectivity index (χ3n) is 3.12. The molecule has 18 heavy (non-hydrogen) atoms. The average molecular weight is 261 g/mol. The van der Waals surface area contributed by atoms with Crippen molar-refractivity contribution in [3.8, 4) is 0 Å². The maximum absolute atomic E-state index is 5.85. The Morgan fingerprint density at radius 2 is 1.83 bits per heavy atom. The molecule has 4 nitrogen and oxygen atoms in total. The minimum absolute atomic E-state index is 0.195. The van der Waals surface area contributed by atoms with Gasteiger partial charge in [-0.15, -0.1) is 0 Å². The predicted molar refractivity (Wildman–Crippen MR) is 72.7 cm³/mol. The van der Waals surface area contributed by atoms with E-state index in [2.05, 4.69) is 39.6 Å². The second-order valence-electron chi connectivity index (χ2n) is 4.45. The molecule has 0 bridgehead atoms. The van der Waals surface area contributed by atoms with Crippen molar-refractivity contribution in [3.05, 3.63) is 46.6 Å². The summed E-state index contributed by atoms with van der Waals surface area (Å²) >= 11 is 5.85. The van der Waals surface area contributed by atoms with Gasteiger partial charge in [0.25, 0.3) is 0 Å². The van der Waals surface area contributed by atoms with E-state index >= 15 is 0 Å². The lowest BCUT2D eigenvalue weighted by atomic mass is 10.1. The minimum atomic E-state index is 0.195. The fourth-order valence-electron chi connectivity index (χ4n) is 2.38. The Bertz CT molecular complexity index is 540. The van der Waals surface area contributed by atoms with Gasteiger partial charge in [0.15, 0.2) is 0 Å². The molecule has 1 aliphatic rings. The first kappa shape index (κ1) is 11.3. The number of halogens is 1. The highest BCUT2D eigenvalue weighted by atomic mass is 35.5. The fourth-order valence-corrected chi connectivity index (χ4v) is 2.57. The van der Waals surface area contributed by atoms with E-state index in [-0.39, 0.29) is 5.95 Å². The number of rotatable bonds is 2. The topological polar surface area (TPSA) is 63.8 Å². The van der Waals surface area contributed by atoms with Crippen LogP contribution in [-0.2, 0) is 12.8 Å². The normalized spacial score (nSPS) is 14.5. The summed E-state index contributed by atoms with van der Waals surface area (Å²) in [5.74, 6) is 0.880. The summed E-state index contributed by atoms with van der Waals surface area (Å²) < 4.78 is 0. The van der Waals surface area contributed by atoms with Crippen molar-refractivity contribution in [2.45, 2.75) is 18.9 Å². The first-order valence-corrected chi connectivity index (χ1v) is 6.22. The van der Waals surface area contributed by atoms with Crippen molar-refractivity contribution in [2.24, 2.45) is 0 Å². The highest BCUT2D eigenvalue weighted by Crippen LogP contribution is 2.24. The van der Waals surface area contributed by atoms with Crippen molar-refractivity contribution in [1.29, 1.82) is 0 Å². The zero-order valence-electron chi connectivity index (χ0n) is 9.73. The van der Waals surface area contributed by atoms with E-state index in [1.165, 1.54) is 11.1 Å². The van der Waals surface area contributed by atoms with Crippen LogP contribution in [0.5, 0.6) is 0 Å². The van der Waals surface area contributed by atoms with Gasteiger partial charge in [-0.2, -0.15) is 4.98 Å². The minimum Gasteiger partial charge on any atom is -0.368 e. The van der Waals surface area contributed by atoms with Gasteiger partial charge < -0.3 is 11.1 Å². The quantitative estimate of drug-likeness (QED) is 0.814. The molecular formula is C13H13ClN4. The number of nitrogens with zero attached hydrogens (tertiary/aromatic N) is 2. The van der Waals surface area contributed by atoms with Crippen LogP contribution in [0.1, 0.15) is 11.1 Å². The Morgan fingerprint density at radius 1 is 1.17 bits per heavy atom. The molecule has 1 aromatic carbocycles. The molecule has 3 rings (SSSR count). The number of fused-ring (bicyclic) bond motifs is 1. The molecular weight excluding hydrogens is 248 g/mol. The molecule has 0 radical (unpaired) electrons. The molecule has 3 N–H and O–H groups in total. The van der Waals surface area contributed by atoms with Gasteiger partial charge in [0, 0.05) is 12.1 Å². The number of anilines is 2. The van der Waals surface area contributed by atoms with Crippen molar-refractivity contribution < 1.29 is 0 Å². The number of benzene rings is 1. The van der Waals surface area contributed by atoms with Crippen LogP contribution in [0.2, 0.25) is 5.15 Å². The predicted octanol–water partition coefficient (Wildman–Crippen LogP) is 2.29. The van der Waals surface area contributed by atoms with Crippen molar-refractivity contribution in [3.63, 3.8) is 0 Å². The van der Waals surface area contributed by atoms with Gasteiger partial charge in [-0.25, -0.2) is 4.98 Å². The van der Waals surface area contributed by atoms with Gasteiger partial charge >= 0.3 is 0 Å². The number of hydrogen-bond donors (Lipinski definition) is 2. The third-order valence-corrected chi connectivity index (χ3v) is 3.31. The van der Waals surface area contributed by atoms with Crippen molar-refractivity contribution >= 4 is 23.4 Å². The van der Waals surface area contributed by atoms with E-state index in [0.717, 1.165) is 12.8 Å². The smallest absolute Gasteiger partial charge is 0.223 e. The summed E-state index contributed by atoms with van der Waals surface area (Å²) in [6.07, 6.45) is 2.00. The highest BCUT2D eigenvalue weighted by Gasteiger charge is 2.21. The zero-order valence-corrected chi connectivity index (χ0v) is 10.5. The van der Waals surface area contributed by atoms with Gasteiger partial charge in [0.1, 0.15) is 11.0 Å². The Labute approximate surface area is 110 Å². The number of hydrogen-bond acceptors (Lipinski definition) is 4. The second kappa shape index (κ2) is 4.46. The van der Waals surface area contributed by atoms with Crippen molar-refractivity contribution in [2.75, 3.05) is 11.1 Å². The van der Waals surface area contributed by atoms with E-state index in [1.54, 1.807) is 6.07 Å². The Kier molecular flexibility index (Phi) is 2.80. The zero-order chi connectivity index (χ0) is 12.5. The summed E-state index contributed by atoms with van der Waals surface area (Å²) in [6, 6.07) is 10.5. The van der Waals surface area contributed by atoms with Crippen LogP contribution in [0.4, 0.5) is 11.8 Å². The van der Waals surface area contributed by atoms with Gasteiger partial charge in [-0.1, -0.05) is 35.9 Å². The van der Waals surface area contributed by atoms with Crippen LogP contribution in [0.25, 0.3) is 0 Å². The summed E-state index contributed by atoms with van der Waals surface area (Å²) in [7, 11) is 0. The maximum atomic E-state index is 5.85. The average Bonchev–Trinajstić information content (AvgIpc) is 2.69. The number of nitrogens with one attached hydrogen (secondary N) is 1. The summed E-state index contributed by atoms with van der Waals surface area (Å²) in [5, 5.41) is 3.72. The van der Waals surface area contributed by atoms with Gasteiger partial charge in [-0.3, -0.25) is 0 Å². The van der Waals surface area contributed by atoms with Crippen LogP contribution >= 0.6 is 11.6 Å². The molecule has 0 spiro atoms. The summed E-state index contributed by atoms with van der Waals surface area (Å²) in [4.78, 5) is 7.97. The fraction of sp³-hybridized carbons (Fsp3) is 0.231. The Hall–Kier alpha value is -1.81. The van der Waals surface area contributed by atoms with Crippen LogP contribution < -0.4 is 11.1 Å². The Morgan fingerprint density at radius 3 is 2.44 bits per heavy atom. The monoisotopic (exact) mass is 260 g/mol. The second-order valence-corrected chi connectivity index (χ2v) is 4.84. The summed E-state index contributed by atoms with van der Waals surface area (Å²) in [5.41, 5.74) is 8.35. The maximum Gasteiger partial charge on any atom is 0.223 e. The standard InChI is InChI=1S/C13H13ClN4/c14-11-7-12(18-13(15)17-11)16-10-5-8-3-1-2-4-9(8)6-10/h1-4,7,10H,5-6H2,(H3,15,16,17,18). The van der Waals surface area contributed by atoms with E-state index in [1.807, 2.05) is 0 Å². The van der Waals surface area contributed by atoms with Crippen LogP contribution in [0.15, 0.2) is 30.3 Å². The molecule has 1 heterocycles. The molecule has 0 unspecified atom stereocenters. The van der Waals surface area contributed by atoms with Crippen LogP contribution in [-0.4, -0.2) is 16.0 Å². The lowest BCUT2D eigenvalue weighted by molar-refractivity contribution is 0.768. The molecule has 1 aliphatic carbocycles. The van der Waals surface area contributed by atoms with Crippen LogP contribution in [0, 0.1) is 0 Å². The highest BCUT2D eigenvalue weighted by molar-refractivity contribution is 6.29. The largest absolute Gasteiger partial charge is 0.368 e. The summed E-state index contributed by atoms with van der Waals surface area (Å²) in [6.45, 7) is 0. The first-order valence-electron chi connectivity index (χ1n) is 5.84. The van der Waals surface area contributed by atoms with E-state index in [0.29, 0.717) is 17.0 Å². The van der Waals surface area contributed by atoms with Gasteiger partial charge in [-0.05, 0) is 24.0 Å². The van der Waals surface area contributed by atoms with Gasteiger partial charge in [0.2, 0.25) is 5.95 Å². The molecule has 0 aliphatic heterocycles. The molecule has 2 aromatic rings. The molecule has 1 aromatic heterocycles. The van der Waals surface area contributed by atoms with E-state index < -0.39 is 0 Å². The van der Waals surface area contributed by atoms with E-state index in [4.69, 9.17) is 17.3 Å².